The second-order valence-electron chi connectivity index (χ2n) is 21.7. The van der Waals surface area contributed by atoms with Crippen molar-refractivity contribution in [3.63, 3.8) is 0 Å². The molecule has 1 nitrogen and oxygen atoms in total. The molecular weight excluding hydrogens is 814 g/mol. The molecule has 0 unspecified atom stereocenters. The lowest BCUT2D eigenvalue weighted by Crippen LogP contribution is -2.34. The van der Waals surface area contributed by atoms with Gasteiger partial charge in [0.25, 0.3) is 0 Å². The van der Waals surface area contributed by atoms with Gasteiger partial charge in [0, 0.05) is 27.1 Å². The van der Waals surface area contributed by atoms with Gasteiger partial charge in [-0.25, -0.2) is 0 Å². The standard InChI is InChI=1S/C63H58BNS/c1-37-30-40-18-11-12-19-41(40)31-46(37)43-21-15-22-45-49(43)35-56(50-34-54-53(33-47(50)39-24-25-39)61(2,3)28-29-62(54,4)5)65(55-27-26-42(66)32-48(55)38-16-9-8-10-17-38)57-36-51-44-20-13-14-23-52(44)63(6,7)59(51)58(45)60(57)64/h8-23,26-27,30-36,39,66H,24-25,28-29,64H2,1-7H3/b56-35-. The molecule has 3 aliphatic carbocycles. The van der Waals surface area contributed by atoms with Crippen molar-refractivity contribution in [2.75, 3.05) is 4.90 Å². The zero-order chi connectivity index (χ0) is 45.4. The van der Waals surface area contributed by atoms with Gasteiger partial charge in [-0.15, -0.1) is 12.6 Å². The molecule has 0 atom stereocenters. The van der Waals surface area contributed by atoms with Crippen LogP contribution in [0.5, 0.6) is 0 Å². The van der Waals surface area contributed by atoms with E-state index < -0.39 is 0 Å². The Morgan fingerprint density at radius 3 is 1.94 bits per heavy atom. The van der Waals surface area contributed by atoms with Crippen LogP contribution in [-0.2, 0) is 16.2 Å². The minimum absolute atomic E-state index is 0.0365. The Morgan fingerprint density at radius 2 is 1.20 bits per heavy atom. The van der Waals surface area contributed by atoms with Gasteiger partial charge in [-0.2, -0.15) is 0 Å². The maximum Gasteiger partial charge on any atom is 0.142 e. The Balaban J connectivity index is 1.28. The predicted octanol–water partition coefficient (Wildman–Crippen LogP) is 15.9. The summed E-state index contributed by atoms with van der Waals surface area (Å²) in [4.78, 5) is 3.64. The zero-order valence-corrected chi connectivity index (χ0v) is 40.6. The highest BCUT2D eigenvalue weighted by molar-refractivity contribution is 7.80. The van der Waals surface area contributed by atoms with Crippen LogP contribution < -0.4 is 10.4 Å². The SMILES string of the molecule is Bc1c2cc3c(c1-c1cccc(-c4cc5ccccc5cc4C)c1/C=C(/c1cc4c(cc1C1CC1)C(C)(C)CCC4(C)C)N2c1ccc(S)cc1-c1ccccc1)C(C)(C)c1ccccc1-3. The van der Waals surface area contributed by atoms with E-state index in [2.05, 4.69) is 213 Å². The third-order valence-electron chi connectivity index (χ3n) is 16.2. The highest BCUT2D eigenvalue weighted by Crippen LogP contribution is 2.58. The van der Waals surface area contributed by atoms with Gasteiger partial charge in [0.05, 0.1) is 11.4 Å². The molecule has 12 rings (SSSR count). The number of aryl methyl sites for hydroxylation is 1. The number of benzene rings is 8. The molecule has 0 N–H and O–H groups in total. The first kappa shape index (κ1) is 41.4. The third kappa shape index (κ3) is 6.29. The number of fused-ring (bicyclic) bond motifs is 10. The second-order valence-corrected chi connectivity index (χ2v) is 22.2. The molecule has 1 saturated carbocycles. The van der Waals surface area contributed by atoms with E-state index >= 15 is 0 Å². The van der Waals surface area contributed by atoms with Crippen molar-refractivity contribution < 1.29 is 0 Å². The van der Waals surface area contributed by atoms with Gasteiger partial charge in [-0.3, -0.25) is 0 Å². The normalized spacial score (nSPS) is 18.1. The maximum absolute atomic E-state index is 5.04. The average Bonchev–Trinajstić information content (AvgIpc) is 4.13. The minimum atomic E-state index is -0.216. The van der Waals surface area contributed by atoms with Crippen LogP contribution in [0.25, 0.3) is 67.1 Å². The Labute approximate surface area is 398 Å². The first-order chi connectivity index (χ1) is 31.7. The second kappa shape index (κ2) is 14.7. The fourth-order valence-corrected chi connectivity index (χ4v) is 12.6. The summed E-state index contributed by atoms with van der Waals surface area (Å²) < 4.78 is 0. The Hall–Kier alpha value is -6.03. The molecule has 0 aromatic heterocycles. The molecular formula is C63H58BNS. The van der Waals surface area contributed by atoms with Crippen LogP contribution in [-0.4, -0.2) is 7.85 Å². The highest BCUT2D eigenvalue weighted by Gasteiger charge is 2.43. The molecule has 0 saturated heterocycles. The van der Waals surface area contributed by atoms with E-state index in [1.54, 1.807) is 0 Å². The van der Waals surface area contributed by atoms with Crippen LogP contribution in [0.3, 0.4) is 0 Å². The Kier molecular flexibility index (Phi) is 9.25. The largest absolute Gasteiger partial charge is 0.310 e. The van der Waals surface area contributed by atoms with Gasteiger partial charge >= 0.3 is 0 Å². The summed E-state index contributed by atoms with van der Waals surface area (Å²) in [5.41, 5.74) is 26.3. The molecule has 8 aromatic rings. The first-order valence-electron chi connectivity index (χ1n) is 24.2. The average molecular weight is 872 g/mol. The molecule has 8 aromatic carbocycles. The van der Waals surface area contributed by atoms with E-state index in [0.717, 1.165) is 17.0 Å². The lowest BCUT2D eigenvalue weighted by molar-refractivity contribution is 0.331. The summed E-state index contributed by atoms with van der Waals surface area (Å²) in [6.45, 7) is 17.1. The fourth-order valence-electron chi connectivity index (χ4n) is 12.4. The van der Waals surface area contributed by atoms with E-state index in [1.807, 2.05) is 0 Å². The van der Waals surface area contributed by atoms with E-state index in [1.165, 1.54) is 136 Å². The molecule has 1 heterocycles. The smallest absolute Gasteiger partial charge is 0.142 e. The lowest BCUT2D eigenvalue weighted by atomic mass is 9.62. The molecule has 0 amide bonds. The van der Waals surface area contributed by atoms with Gasteiger partial charge in [-0.1, -0.05) is 156 Å². The van der Waals surface area contributed by atoms with Crippen LogP contribution in [0.2, 0.25) is 0 Å². The van der Waals surface area contributed by atoms with Crippen molar-refractivity contribution >= 4 is 59.9 Å². The van der Waals surface area contributed by atoms with Crippen molar-refractivity contribution in [1.82, 2.24) is 0 Å². The van der Waals surface area contributed by atoms with Crippen molar-refractivity contribution in [2.24, 2.45) is 0 Å². The molecule has 1 aliphatic heterocycles. The van der Waals surface area contributed by atoms with Crippen LogP contribution in [0, 0.1) is 6.92 Å². The molecule has 0 radical (unpaired) electrons. The predicted molar refractivity (Wildman–Crippen MR) is 288 cm³/mol. The molecule has 0 spiro atoms. The van der Waals surface area contributed by atoms with Crippen molar-refractivity contribution in [2.45, 2.75) is 101 Å². The van der Waals surface area contributed by atoms with Gasteiger partial charge in [-0.05, 0) is 180 Å². The van der Waals surface area contributed by atoms with E-state index in [9.17, 15) is 0 Å². The van der Waals surface area contributed by atoms with E-state index in [4.69, 9.17) is 12.6 Å². The summed E-state index contributed by atoms with van der Waals surface area (Å²) in [5.74, 6) is 0.523. The van der Waals surface area contributed by atoms with Crippen LogP contribution >= 0.6 is 12.6 Å². The van der Waals surface area contributed by atoms with Crippen LogP contribution in [0.1, 0.15) is 118 Å². The van der Waals surface area contributed by atoms with Crippen molar-refractivity contribution in [1.29, 1.82) is 0 Å². The summed E-state index contributed by atoms with van der Waals surface area (Å²) in [5, 5.41) is 2.54. The number of nitrogens with zero attached hydrogens (tertiary/aromatic N) is 1. The van der Waals surface area contributed by atoms with Crippen LogP contribution in [0.15, 0.2) is 150 Å². The number of rotatable bonds is 5. The van der Waals surface area contributed by atoms with E-state index in [-0.39, 0.29) is 16.2 Å². The Bertz CT molecular complexity index is 3380. The number of hydrogen-bond acceptors (Lipinski definition) is 2. The van der Waals surface area contributed by atoms with Crippen molar-refractivity contribution in [3.8, 4) is 44.5 Å². The van der Waals surface area contributed by atoms with Gasteiger partial charge < -0.3 is 4.90 Å². The Morgan fingerprint density at radius 1 is 0.545 bits per heavy atom. The van der Waals surface area contributed by atoms with Crippen LogP contribution in [0.4, 0.5) is 11.4 Å². The minimum Gasteiger partial charge on any atom is -0.310 e. The number of thiol groups is 1. The molecule has 1 fully saturated rings. The van der Waals surface area contributed by atoms with Gasteiger partial charge in [0.1, 0.15) is 7.85 Å². The number of anilines is 2. The quantitative estimate of drug-likeness (QED) is 0.133. The maximum atomic E-state index is 5.04. The topological polar surface area (TPSA) is 3.24 Å². The molecule has 66 heavy (non-hydrogen) atoms. The molecule has 3 heteroatoms. The molecule has 2 bridgehead atoms. The fraction of sp³-hybridized carbons (Fsp3) is 0.238. The number of hydrogen-bond donors (Lipinski definition) is 1. The first-order valence-corrected chi connectivity index (χ1v) is 24.7. The summed E-state index contributed by atoms with van der Waals surface area (Å²) >= 11 is 5.04. The zero-order valence-electron chi connectivity index (χ0n) is 39.7. The van der Waals surface area contributed by atoms with Gasteiger partial charge in [0.2, 0.25) is 0 Å². The monoisotopic (exact) mass is 871 g/mol. The van der Waals surface area contributed by atoms with E-state index in [0.29, 0.717) is 5.92 Å². The molecule has 324 valence electrons. The summed E-state index contributed by atoms with van der Waals surface area (Å²) in [6.07, 6.45) is 7.42. The van der Waals surface area contributed by atoms with Gasteiger partial charge in [0.15, 0.2) is 0 Å². The highest BCUT2D eigenvalue weighted by atomic mass is 32.1. The lowest BCUT2D eigenvalue weighted by Gasteiger charge is -2.43. The van der Waals surface area contributed by atoms with Crippen molar-refractivity contribution in [3.05, 3.63) is 190 Å². The molecule has 4 aliphatic rings. The summed E-state index contributed by atoms with van der Waals surface area (Å²) in [6, 6.07) is 55.7. The third-order valence-corrected chi connectivity index (χ3v) is 16.5. The summed E-state index contributed by atoms with van der Waals surface area (Å²) in [7, 11) is 2.41.